The summed E-state index contributed by atoms with van der Waals surface area (Å²) in [6, 6.07) is 1.96. The third-order valence-electron chi connectivity index (χ3n) is 1.90. The summed E-state index contributed by atoms with van der Waals surface area (Å²) in [6.07, 6.45) is 5.68. The number of hydrogen-bond donors (Lipinski definition) is 1. The van der Waals surface area contributed by atoms with Crippen LogP contribution in [0, 0.1) is 0 Å². The molecule has 4 heteroatoms. The average molecular weight is 273 g/mol. The first-order chi connectivity index (χ1) is 7.34. The number of anilines is 1. The molecular weight excluding hydrogens is 256 g/mol. The van der Waals surface area contributed by atoms with Crippen LogP contribution in [0.15, 0.2) is 22.9 Å². The van der Waals surface area contributed by atoms with Crippen molar-refractivity contribution in [2.45, 2.75) is 19.8 Å². The minimum Gasteiger partial charge on any atom is -0.384 e. The van der Waals surface area contributed by atoms with Gasteiger partial charge in [0.15, 0.2) is 0 Å². The van der Waals surface area contributed by atoms with Gasteiger partial charge in [-0.25, -0.2) is 0 Å². The number of aromatic nitrogens is 1. The van der Waals surface area contributed by atoms with E-state index in [2.05, 4.69) is 33.2 Å². The van der Waals surface area contributed by atoms with Gasteiger partial charge >= 0.3 is 0 Å². The van der Waals surface area contributed by atoms with Crippen LogP contribution < -0.4 is 5.32 Å². The largest absolute Gasteiger partial charge is 0.384 e. The molecular formula is C11H17BrN2O. The first-order valence-corrected chi connectivity index (χ1v) is 6.05. The van der Waals surface area contributed by atoms with Gasteiger partial charge < -0.3 is 10.1 Å². The molecule has 0 fully saturated rings. The van der Waals surface area contributed by atoms with Gasteiger partial charge in [0.1, 0.15) is 0 Å². The molecule has 1 aromatic heterocycles. The number of nitrogens with zero attached hydrogens (tertiary/aromatic N) is 1. The number of ether oxygens (including phenoxy) is 1. The van der Waals surface area contributed by atoms with Crippen molar-refractivity contribution in [2.75, 3.05) is 25.1 Å². The van der Waals surface area contributed by atoms with Crippen LogP contribution in [0.3, 0.4) is 0 Å². The minimum atomic E-state index is 0.823. The molecule has 84 valence electrons. The zero-order valence-electron chi connectivity index (χ0n) is 9.00. The first-order valence-electron chi connectivity index (χ1n) is 5.25. The summed E-state index contributed by atoms with van der Waals surface area (Å²) >= 11 is 3.43. The SMILES string of the molecule is CCCOCCCNc1ccncc1Br. The van der Waals surface area contributed by atoms with Gasteiger partial charge in [0.2, 0.25) is 0 Å². The third kappa shape index (κ3) is 5.14. The van der Waals surface area contributed by atoms with Crippen LogP contribution in [-0.2, 0) is 4.74 Å². The highest BCUT2D eigenvalue weighted by Crippen LogP contribution is 2.19. The van der Waals surface area contributed by atoms with Crippen LogP contribution in [-0.4, -0.2) is 24.7 Å². The molecule has 0 aliphatic heterocycles. The lowest BCUT2D eigenvalue weighted by Gasteiger charge is -2.07. The molecule has 1 aromatic rings. The van der Waals surface area contributed by atoms with E-state index in [0.29, 0.717) is 0 Å². The van der Waals surface area contributed by atoms with E-state index in [1.165, 1.54) is 0 Å². The Kier molecular flexibility index (Phi) is 6.36. The molecule has 0 radical (unpaired) electrons. The average Bonchev–Trinajstić information content (AvgIpc) is 2.25. The van der Waals surface area contributed by atoms with Crippen molar-refractivity contribution in [2.24, 2.45) is 0 Å². The maximum absolute atomic E-state index is 5.39. The molecule has 0 aliphatic carbocycles. The van der Waals surface area contributed by atoms with Crippen LogP contribution in [0.4, 0.5) is 5.69 Å². The highest BCUT2D eigenvalue weighted by atomic mass is 79.9. The molecule has 0 unspecified atom stereocenters. The van der Waals surface area contributed by atoms with Crippen LogP contribution in [0.25, 0.3) is 0 Å². The summed E-state index contributed by atoms with van der Waals surface area (Å²) in [5.74, 6) is 0. The van der Waals surface area contributed by atoms with Gasteiger partial charge in [0.05, 0.1) is 10.2 Å². The molecule has 0 bridgehead atoms. The predicted octanol–water partition coefficient (Wildman–Crippen LogP) is 3.07. The maximum Gasteiger partial charge on any atom is 0.0590 e. The van der Waals surface area contributed by atoms with Gasteiger partial charge in [-0.05, 0) is 34.8 Å². The summed E-state index contributed by atoms with van der Waals surface area (Å²) in [7, 11) is 0. The van der Waals surface area contributed by atoms with Crippen molar-refractivity contribution in [1.82, 2.24) is 4.98 Å². The van der Waals surface area contributed by atoms with E-state index in [1.54, 1.807) is 12.4 Å². The molecule has 0 amide bonds. The molecule has 1 N–H and O–H groups in total. The van der Waals surface area contributed by atoms with Crippen molar-refractivity contribution in [3.8, 4) is 0 Å². The first kappa shape index (κ1) is 12.5. The van der Waals surface area contributed by atoms with E-state index in [9.17, 15) is 0 Å². The standard InChI is InChI=1S/C11H17BrN2O/c1-2-7-15-8-3-5-14-11-4-6-13-9-10(11)12/h4,6,9H,2-3,5,7-8H2,1H3,(H,13,14). The highest BCUT2D eigenvalue weighted by molar-refractivity contribution is 9.10. The quantitative estimate of drug-likeness (QED) is 0.775. The Balaban J connectivity index is 2.12. The third-order valence-corrected chi connectivity index (χ3v) is 2.53. The number of pyridine rings is 1. The van der Waals surface area contributed by atoms with E-state index in [1.807, 2.05) is 6.07 Å². The summed E-state index contributed by atoms with van der Waals surface area (Å²) in [5.41, 5.74) is 1.08. The summed E-state index contributed by atoms with van der Waals surface area (Å²) in [4.78, 5) is 4.00. The molecule has 0 atom stereocenters. The van der Waals surface area contributed by atoms with Crippen molar-refractivity contribution in [1.29, 1.82) is 0 Å². The molecule has 0 spiro atoms. The van der Waals surface area contributed by atoms with Gasteiger partial charge in [0, 0.05) is 32.2 Å². The lowest BCUT2D eigenvalue weighted by molar-refractivity contribution is 0.134. The van der Waals surface area contributed by atoms with Crippen molar-refractivity contribution in [3.05, 3.63) is 22.9 Å². The number of hydrogen-bond acceptors (Lipinski definition) is 3. The zero-order valence-corrected chi connectivity index (χ0v) is 10.6. The van der Waals surface area contributed by atoms with Gasteiger partial charge in [-0.15, -0.1) is 0 Å². The van der Waals surface area contributed by atoms with Gasteiger partial charge in [-0.3, -0.25) is 4.98 Å². The second-order valence-electron chi connectivity index (χ2n) is 3.25. The van der Waals surface area contributed by atoms with Crippen LogP contribution in [0.5, 0.6) is 0 Å². The number of halogens is 1. The second-order valence-corrected chi connectivity index (χ2v) is 4.10. The predicted molar refractivity (Wildman–Crippen MR) is 66.2 cm³/mol. The van der Waals surface area contributed by atoms with Crippen LogP contribution >= 0.6 is 15.9 Å². The molecule has 1 rings (SSSR count). The van der Waals surface area contributed by atoms with E-state index in [4.69, 9.17) is 4.74 Å². The van der Waals surface area contributed by atoms with Crippen LogP contribution in [0.2, 0.25) is 0 Å². The maximum atomic E-state index is 5.39. The molecule has 0 aromatic carbocycles. The zero-order chi connectivity index (χ0) is 10.9. The fourth-order valence-electron chi connectivity index (χ4n) is 1.16. The highest BCUT2D eigenvalue weighted by Gasteiger charge is 1.96. The Hall–Kier alpha value is -0.610. The number of rotatable bonds is 7. The Morgan fingerprint density at radius 3 is 3.07 bits per heavy atom. The van der Waals surface area contributed by atoms with E-state index >= 15 is 0 Å². The van der Waals surface area contributed by atoms with Crippen molar-refractivity contribution >= 4 is 21.6 Å². The van der Waals surface area contributed by atoms with Gasteiger partial charge in [-0.2, -0.15) is 0 Å². The molecule has 0 aliphatic rings. The van der Waals surface area contributed by atoms with Gasteiger partial charge in [-0.1, -0.05) is 6.92 Å². The topological polar surface area (TPSA) is 34.1 Å². The Bertz CT molecular complexity index is 281. The fourth-order valence-corrected chi connectivity index (χ4v) is 1.55. The summed E-state index contributed by atoms with van der Waals surface area (Å²) in [6.45, 7) is 4.72. The molecule has 0 saturated carbocycles. The van der Waals surface area contributed by atoms with Gasteiger partial charge in [0.25, 0.3) is 0 Å². The summed E-state index contributed by atoms with van der Waals surface area (Å²) < 4.78 is 6.39. The fraction of sp³-hybridized carbons (Fsp3) is 0.545. The smallest absolute Gasteiger partial charge is 0.0590 e. The molecule has 3 nitrogen and oxygen atoms in total. The summed E-state index contributed by atoms with van der Waals surface area (Å²) in [5, 5.41) is 3.32. The Morgan fingerprint density at radius 2 is 2.33 bits per heavy atom. The molecule has 0 saturated heterocycles. The monoisotopic (exact) mass is 272 g/mol. The Labute approximate surface area is 99.4 Å². The van der Waals surface area contributed by atoms with E-state index in [0.717, 1.165) is 42.8 Å². The Morgan fingerprint density at radius 1 is 1.47 bits per heavy atom. The lowest BCUT2D eigenvalue weighted by atomic mass is 10.4. The number of nitrogens with one attached hydrogen (secondary N) is 1. The van der Waals surface area contributed by atoms with Crippen molar-refractivity contribution in [3.63, 3.8) is 0 Å². The second kappa shape index (κ2) is 7.65. The van der Waals surface area contributed by atoms with E-state index in [-0.39, 0.29) is 0 Å². The molecule has 15 heavy (non-hydrogen) atoms. The minimum absolute atomic E-state index is 0.823. The normalized spacial score (nSPS) is 10.3. The van der Waals surface area contributed by atoms with Crippen LogP contribution in [0.1, 0.15) is 19.8 Å². The van der Waals surface area contributed by atoms with Crippen molar-refractivity contribution < 1.29 is 4.74 Å². The van der Waals surface area contributed by atoms with E-state index < -0.39 is 0 Å². The molecule has 1 heterocycles. The lowest BCUT2D eigenvalue weighted by Crippen LogP contribution is -2.06.